The molecule has 0 atom stereocenters. The molecular weight excluding hydrogens is 448 g/mol. The summed E-state index contributed by atoms with van der Waals surface area (Å²) in [6.45, 7) is 2.45. The van der Waals surface area contributed by atoms with Gasteiger partial charge in [0.15, 0.2) is 9.84 Å². The predicted molar refractivity (Wildman–Crippen MR) is 120 cm³/mol. The van der Waals surface area contributed by atoms with E-state index in [-0.39, 0.29) is 22.6 Å². The minimum absolute atomic E-state index is 0.0143. The fourth-order valence-corrected chi connectivity index (χ4v) is 6.60. The van der Waals surface area contributed by atoms with E-state index in [0.29, 0.717) is 30.8 Å². The first-order valence-electron chi connectivity index (χ1n) is 10.5. The van der Waals surface area contributed by atoms with Gasteiger partial charge in [0, 0.05) is 17.6 Å². The van der Waals surface area contributed by atoms with Crippen LogP contribution in [-0.2, 0) is 22.9 Å². The van der Waals surface area contributed by atoms with Crippen molar-refractivity contribution >= 4 is 32.1 Å². The average Bonchev–Trinajstić information content (AvgIpc) is 3.69. The molecule has 0 bridgehead atoms. The van der Waals surface area contributed by atoms with Crippen LogP contribution < -0.4 is 11.2 Å². The normalized spacial score (nSPS) is 17.4. The summed E-state index contributed by atoms with van der Waals surface area (Å²) in [4.78, 5) is 31.6. The number of nitriles is 1. The predicted octanol–water partition coefficient (Wildman–Crippen LogP) is 2.46. The van der Waals surface area contributed by atoms with Crippen molar-refractivity contribution in [3.63, 3.8) is 0 Å². The molecule has 5 rings (SSSR count). The Morgan fingerprint density at radius 2 is 2.00 bits per heavy atom. The summed E-state index contributed by atoms with van der Waals surface area (Å²) in [6, 6.07) is 6.49. The standard InChI is InChI=1S/C22H22N4O4S2/c1-14-24-9-16(31-14)11-26-20(27)18-8-17(32(29,30)13-22(12-23)6-7-22)4-5-19(18)25(21(26)28)10-15-2-3-15/h4-5,8-9,15H,2-3,6-7,10-11,13H2,1H3. The molecule has 2 saturated carbocycles. The number of benzene rings is 1. The molecule has 32 heavy (non-hydrogen) atoms. The van der Waals surface area contributed by atoms with E-state index in [1.54, 1.807) is 16.8 Å². The first kappa shape index (κ1) is 21.1. The second-order valence-electron chi connectivity index (χ2n) is 8.90. The maximum atomic E-state index is 13.3. The van der Waals surface area contributed by atoms with Crippen LogP contribution in [0.4, 0.5) is 0 Å². The summed E-state index contributed by atoms with van der Waals surface area (Å²) in [6.07, 6.45) is 4.85. The number of aromatic nitrogens is 3. The molecule has 166 valence electrons. The van der Waals surface area contributed by atoms with Gasteiger partial charge in [0.2, 0.25) is 0 Å². The quantitative estimate of drug-likeness (QED) is 0.524. The molecule has 0 saturated heterocycles. The van der Waals surface area contributed by atoms with E-state index < -0.39 is 26.5 Å². The van der Waals surface area contributed by atoms with Crippen molar-refractivity contribution in [1.29, 1.82) is 5.26 Å². The number of nitrogens with zero attached hydrogens (tertiary/aromatic N) is 4. The smallest absolute Gasteiger partial charge is 0.293 e. The second-order valence-corrected chi connectivity index (χ2v) is 12.2. The van der Waals surface area contributed by atoms with Crippen LogP contribution in [0.25, 0.3) is 10.9 Å². The summed E-state index contributed by atoms with van der Waals surface area (Å²) >= 11 is 1.42. The largest absolute Gasteiger partial charge is 0.331 e. The van der Waals surface area contributed by atoms with Crippen LogP contribution in [0.1, 0.15) is 35.6 Å². The molecule has 1 aromatic carbocycles. The first-order valence-corrected chi connectivity index (χ1v) is 13.0. The highest BCUT2D eigenvalue weighted by molar-refractivity contribution is 7.91. The van der Waals surface area contributed by atoms with Crippen LogP contribution in [0.2, 0.25) is 0 Å². The van der Waals surface area contributed by atoms with Gasteiger partial charge in [-0.05, 0) is 56.7 Å². The molecule has 0 aliphatic heterocycles. The highest BCUT2D eigenvalue weighted by Gasteiger charge is 2.47. The van der Waals surface area contributed by atoms with Gasteiger partial charge in [0.05, 0.1) is 44.6 Å². The maximum Gasteiger partial charge on any atom is 0.331 e. The van der Waals surface area contributed by atoms with E-state index in [4.69, 9.17) is 0 Å². The zero-order valence-electron chi connectivity index (χ0n) is 17.6. The number of sulfone groups is 1. The van der Waals surface area contributed by atoms with Crippen molar-refractivity contribution in [2.24, 2.45) is 11.3 Å². The van der Waals surface area contributed by atoms with Crippen molar-refractivity contribution < 1.29 is 8.42 Å². The monoisotopic (exact) mass is 470 g/mol. The van der Waals surface area contributed by atoms with Crippen LogP contribution in [-0.4, -0.2) is 28.3 Å². The average molecular weight is 471 g/mol. The van der Waals surface area contributed by atoms with E-state index in [2.05, 4.69) is 11.1 Å². The number of hydrogen-bond acceptors (Lipinski definition) is 7. The maximum absolute atomic E-state index is 13.3. The van der Waals surface area contributed by atoms with Gasteiger partial charge in [0.25, 0.3) is 5.56 Å². The molecule has 3 aromatic rings. The van der Waals surface area contributed by atoms with Crippen molar-refractivity contribution in [3.8, 4) is 6.07 Å². The van der Waals surface area contributed by atoms with Crippen LogP contribution in [0, 0.1) is 29.6 Å². The fraction of sp³-hybridized carbons (Fsp3) is 0.455. The van der Waals surface area contributed by atoms with Gasteiger partial charge >= 0.3 is 5.69 Å². The molecule has 8 nitrogen and oxygen atoms in total. The molecule has 0 amide bonds. The van der Waals surface area contributed by atoms with E-state index in [0.717, 1.165) is 22.7 Å². The minimum Gasteiger partial charge on any atom is -0.293 e. The Morgan fingerprint density at radius 3 is 2.59 bits per heavy atom. The molecule has 2 heterocycles. The molecule has 0 radical (unpaired) electrons. The summed E-state index contributed by atoms with van der Waals surface area (Å²) in [7, 11) is -3.74. The Labute approximate surface area is 188 Å². The van der Waals surface area contributed by atoms with Gasteiger partial charge in [-0.15, -0.1) is 11.3 Å². The highest BCUT2D eigenvalue weighted by atomic mass is 32.2. The fourth-order valence-electron chi connectivity index (χ4n) is 3.99. The van der Waals surface area contributed by atoms with Gasteiger partial charge < -0.3 is 0 Å². The number of rotatable bonds is 7. The van der Waals surface area contributed by atoms with Gasteiger partial charge in [-0.2, -0.15) is 5.26 Å². The molecule has 2 aliphatic rings. The third kappa shape index (κ3) is 3.80. The molecule has 2 fully saturated rings. The lowest BCUT2D eigenvalue weighted by Gasteiger charge is -2.15. The van der Waals surface area contributed by atoms with E-state index in [1.165, 1.54) is 28.0 Å². The van der Waals surface area contributed by atoms with Gasteiger partial charge in [-0.1, -0.05) is 0 Å². The molecule has 2 aliphatic carbocycles. The Bertz CT molecular complexity index is 1500. The van der Waals surface area contributed by atoms with Gasteiger partial charge in [0.1, 0.15) is 0 Å². The zero-order chi connectivity index (χ0) is 22.7. The van der Waals surface area contributed by atoms with Crippen LogP contribution in [0.3, 0.4) is 0 Å². The van der Waals surface area contributed by atoms with Crippen molar-refractivity contribution in [3.05, 3.63) is 55.1 Å². The molecule has 0 N–H and O–H groups in total. The van der Waals surface area contributed by atoms with Crippen LogP contribution in [0.15, 0.2) is 38.9 Å². The summed E-state index contributed by atoms with van der Waals surface area (Å²) in [5, 5.41) is 10.4. The lowest BCUT2D eigenvalue weighted by Crippen LogP contribution is -2.40. The molecule has 2 aromatic heterocycles. The van der Waals surface area contributed by atoms with E-state index >= 15 is 0 Å². The minimum atomic E-state index is -3.74. The Balaban J connectivity index is 1.66. The Kier molecular flexibility index (Phi) is 4.87. The lowest BCUT2D eigenvalue weighted by atomic mass is 10.2. The van der Waals surface area contributed by atoms with Crippen molar-refractivity contribution in [2.75, 3.05) is 5.75 Å². The van der Waals surface area contributed by atoms with Gasteiger partial charge in [-0.3, -0.25) is 13.9 Å². The molecule has 0 unspecified atom stereocenters. The number of aryl methyl sites for hydroxylation is 1. The third-order valence-electron chi connectivity index (χ3n) is 6.23. The zero-order valence-corrected chi connectivity index (χ0v) is 19.2. The van der Waals surface area contributed by atoms with Crippen LogP contribution in [0.5, 0.6) is 0 Å². The number of thiazole rings is 1. The number of hydrogen-bond donors (Lipinski definition) is 0. The molecule has 10 heteroatoms. The first-order chi connectivity index (χ1) is 15.2. The lowest BCUT2D eigenvalue weighted by molar-refractivity contribution is 0.567. The Hall–Kier alpha value is -2.77. The van der Waals surface area contributed by atoms with E-state index in [1.807, 2.05) is 6.92 Å². The van der Waals surface area contributed by atoms with Gasteiger partial charge in [-0.25, -0.2) is 18.2 Å². The summed E-state index contributed by atoms with van der Waals surface area (Å²) in [5.74, 6) is 0.138. The summed E-state index contributed by atoms with van der Waals surface area (Å²) < 4.78 is 28.7. The van der Waals surface area contributed by atoms with Crippen molar-refractivity contribution in [1.82, 2.24) is 14.1 Å². The highest BCUT2D eigenvalue weighted by Crippen LogP contribution is 2.46. The summed E-state index contributed by atoms with van der Waals surface area (Å²) in [5.41, 5.74) is -1.27. The van der Waals surface area contributed by atoms with Crippen LogP contribution >= 0.6 is 11.3 Å². The third-order valence-corrected chi connectivity index (χ3v) is 9.04. The Morgan fingerprint density at radius 1 is 1.25 bits per heavy atom. The SMILES string of the molecule is Cc1ncc(Cn2c(=O)c3cc(S(=O)(=O)CC4(C#N)CC4)ccc3n(CC3CC3)c2=O)s1. The van der Waals surface area contributed by atoms with Crippen molar-refractivity contribution in [2.45, 2.75) is 50.6 Å². The number of fused-ring (bicyclic) bond motifs is 1. The topological polar surface area (TPSA) is 115 Å². The second kappa shape index (κ2) is 7.39. The molecule has 0 spiro atoms. The molecular formula is C22H22N4O4S2. The van der Waals surface area contributed by atoms with E-state index in [9.17, 15) is 23.3 Å².